The highest BCUT2D eigenvalue weighted by Crippen LogP contribution is 2.61. The molecule has 10 aromatic carbocycles. The van der Waals surface area contributed by atoms with E-state index in [1.54, 1.807) is 16.7 Å². The molecule has 0 fully saturated rings. The summed E-state index contributed by atoms with van der Waals surface area (Å²) in [5.41, 5.74) is 38.4. The molecule has 13 aromatic rings. The molecule has 0 saturated heterocycles. The monoisotopic (exact) mass is 1890 g/mol. The number of rotatable bonds is 64. The molecule has 16 rings (SSSR count). The number of hydrogen-bond donors (Lipinski definition) is 0. The minimum absolute atomic E-state index is 0.0802. The molecule has 3 aromatic heterocycles. The highest BCUT2D eigenvalue weighted by Gasteiger charge is 2.47. The molecule has 3 aliphatic carbocycles. The molecule has 142 heavy (non-hydrogen) atoms. The van der Waals surface area contributed by atoms with Crippen molar-refractivity contribution in [1.29, 1.82) is 0 Å². The zero-order valence-electron chi connectivity index (χ0n) is 88.3. The fourth-order valence-corrected chi connectivity index (χ4v) is 25.2. The second-order valence-electron chi connectivity index (χ2n) is 43.3. The molecular weight excluding hydrogens is 1720 g/mol. The van der Waals surface area contributed by atoms with Crippen LogP contribution in [0.1, 0.15) is 444 Å². The van der Waals surface area contributed by atoms with Crippen LogP contribution in [0.25, 0.3) is 135 Å². The van der Waals surface area contributed by atoms with E-state index in [-0.39, 0.29) is 16.2 Å². The summed E-state index contributed by atoms with van der Waals surface area (Å²) in [6.07, 6.45) is 86.7. The van der Waals surface area contributed by atoms with E-state index in [9.17, 15) is 0 Å². The average molecular weight is 1890 g/mol. The normalized spacial score (nSPS) is 13.5. The highest BCUT2D eigenvalue weighted by molar-refractivity contribution is 6.01. The Morgan fingerprint density at radius 2 is 0.408 bits per heavy atom. The van der Waals surface area contributed by atoms with Crippen LogP contribution in [-0.4, -0.2) is 20.3 Å². The van der Waals surface area contributed by atoms with Crippen molar-refractivity contribution in [3.8, 4) is 100 Å². The Hall–Kier alpha value is -10.6. The van der Waals surface area contributed by atoms with Crippen LogP contribution in [0.15, 0.2) is 248 Å². The van der Waals surface area contributed by atoms with Gasteiger partial charge in [0.1, 0.15) is 11.0 Å². The number of pyridine rings is 2. The first-order chi connectivity index (χ1) is 70.2. The number of fused-ring (bicyclic) bond motifs is 10. The molecule has 0 spiro atoms. The first-order valence-electron chi connectivity index (χ1n) is 57.8. The first-order valence-corrected chi connectivity index (χ1v) is 57.8. The molecule has 0 atom stereocenters. The third kappa shape index (κ3) is 26.0. The van der Waals surface area contributed by atoms with E-state index in [1.807, 2.05) is 24.8 Å². The lowest BCUT2D eigenvalue weighted by atomic mass is 9.69. The van der Waals surface area contributed by atoms with E-state index in [4.69, 9.17) is 9.79 Å². The van der Waals surface area contributed by atoms with Crippen LogP contribution in [-0.2, 0) is 16.2 Å². The van der Waals surface area contributed by atoms with E-state index in [0.29, 0.717) is 0 Å². The van der Waals surface area contributed by atoms with Gasteiger partial charge in [-0.05, 0) is 266 Å². The minimum atomic E-state index is -0.242. The highest BCUT2D eigenvalue weighted by atomic mass is 16.6. The summed E-state index contributed by atoms with van der Waals surface area (Å²) in [7, 11) is 0. The van der Waals surface area contributed by atoms with Crippen LogP contribution in [0.4, 0.5) is 0 Å². The van der Waals surface area contributed by atoms with Crippen molar-refractivity contribution in [3.05, 3.63) is 299 Å². The van der Waals surface area contributed by atoms with Crippen molar-refractivity contribution in [2.75, 3.05) is 0 Å². The van der Waals surface area contributed by atoms with Crippen LogP contribution in [0.3, 0.4) is 0 Å². The third-order valence-corrected chi connectivity index (χ3v) is 33.2. The average Bonchev–Trinajstić information content (AvgIpc) is 1.57. The van der Waals surface area contributed by atoms with Gasteiger partial charge in [0, 0.05) is 52.2 Å². The van der Waals surface area contributed by atoms with E-state index in [1.165, 1.54) is 432 Å². The van der Waals surface area contributed by atoms with E-state index in [2.05, 4.69) is 299 Å². The molecule has 0 bridgehead atoms. The maximum Gasteiger partial charge on any atom is 0.143 e. The molecule has 0 aliphatic heterocycles. The second kappa shape index (κ2) is 54.4. The summed E-state index contributed by atoms with van der Waals surface area (Å²) in [4.78, 5) is 9.13. The molecule has 0 unspecified atom stereocenters. The Labute approximate surface area is 857 Å². The Morgan fingerprint density at radius 3 is 0.683 bits per heavy atom. The van der Waals surface area contributed by atoms with Crippen LogP contribution in [0.2, 0.25) is 0 Å². The van der Waals surface area contributed by atoms with Crippen LogP contribution >= 0.6 is 0 Å². The molecule has 3 aliphatic rings. The predicted molar refractivity (Wildman–Crippen MR) is 613 cm³/mol. The van der Waals surface area contributed by atoms with Gasteiger partial charge >= 0.3 is 0 Å². The maximum atomic E-state index is 5.74. The Kier molecular flexibility index (Phi) is 39.9. The Morgan fingerprint density at radius 1 is 0.190 bits per heavy atom. The number of benzene rings is 10. The first kappa shape index (κ1) is 104. The summed E-state index contributed by atoms with van der Waals surface area (Å²) >= 11 is 0. The van der Waals surface area contributed by atoms with Gasteiger partial charge in [-0.25, -0.2) is 4.63 Å². The molecule has 0 saturated carbocycles. The number of unbranched alkanes of at least 4 members (excludes halogenated alkanes) is 42. The van der Waals surface area contributed by atoms with Gasteiger partial charge < -0.3 is 0 Å². The van der Waals surface area contributed by atoms with Crippen molar-refractivity contribution in [2.45, 2.75) is 405 Å². The summed E-state index contributed by atoms with van der Waals surface area (Å²) in [6, 6.07) is 86.8. The van der Waals surface area contributed by atoms with Crippen molar-refractivity contribution in [3.63, 3.8) is 0 Å². The van der Waals surface area contributed by atoms with Gasteiger partial charge in [0.25, 0.3) is 0 Å². The summed E-state index contributed by atoms with van der Waals surface area (Å²) < 4.78 is 5.74. The molecule has 5 heteroatoms. The van der Waals surface area contributed by atoms with Crippen LogP contribution < -0.4 is 0 Å². The molecule has 744 valence electrons. The predicted octanol–water partition coefficient (Wildman–Crippen LogP) is 42.3. The fraction of sp³-hybridized carbons (Fsp3) is 0.460. The lowest BCUT2D eigenvalue weighted by molar-refractivity contribution is 0.315. The molecule has 0 N–H and O–H groups in total. The number of hydrogen-bond acceptors (Lipinski definition) is 5. The van der Waals surface area contributed by atoms with Gasteiger partial charge in [0.05, 0.1) is 0 Å². The second-order valence-corrected chi connectivity index (χ2v) is 43.3. The number of aromatic nitrogens is 4. The Bertz CT molecular complexity index is 6050. The largest absolute Gasteiger partial charge is 0.265 e. The Balaban J connectivity index is 0.844. The van der Waals surface area contributed by atoms with Gasteiger partial charge in [-0.1, -0.05) is 520 Å². The lowest BCUT2D eigenvalue weighted by Gasteiger charge is -2.34. The van der Waals surface area contributed by atoms with E-state index in [0.717, 1.165) is 64.5 Å². The summed E-state index contributed by atoms with van der Waals surface area (Å²) in [5.74, 6) is 0. The molecular formula is C137H170N4O. The lowest BCUT2D eigenvalue weighted by Crippen LogP contribution is -2.26. The fourth-order valence-electron chi connectivity index (χ4n) is 25.2. The van der Waals surface area contributed by atoms with Crippen molar-refractivity contribution in [2.24, 2.45) is 0 Å². The minimum Gasteiger partial charge on any atom is -0.265 e. The topological polar surface area (TPSA) is 64.7 Å². The van der Waals surface area contributed by atoms with Gasteiger partial charge in [0.2, 0.25) is 0 Å². The molecule has 5 nitrogen and oxygen atoms in total. The van der Waals surface area contributed by atoms with E-state index >= 15 is 0 Å². The van der Waals surface area contributed by atoms with Gasteiger partial charge in [0.15, 0.2) is 0 Å². The maximum absolute atomic E-state index is 5.74. The third-order valence-electron chi connectivity index (χ3n) is 33.2. The molecule has 3 heterocycles. The standard InChI is InChI=1S/C137H170N4O/c1-7-13-19-25-31-37-43-55-87-135(88-56-44-38-32-26-20-14-8-2)127-99-109(107-61-51-49-52-62-107)69-75-119(127)120-76-70-110(100-128(120)135)111-71-77-121-123-79-73-115(103-131(123)136(129(121)101-111,89-57-45-39-33-27-21-15-9-3)90-58-46-40-34-28-22-16-10-4)125-97-113(68-66-106-85-95-139-96-86-106)126(98-112(125)67-65-105-83-93-138-94-84-105)116-74-80-124-122-78-72-114(118-82-81-117(108-63-53-50-54-64-108)133-134(118)141-142-140-133)102-130(122)137(132(124)104-116,91-59-47-41-35-29-23-17-11-5)92-60-48-42-36-30-24-18-12-6/h49-54,61-86,93-104H,7-48,55-60,87-92H2,1-6H3/b67-65+,68-66+. The summed E-state index contributed by atoms with van der Waals surface area (Å²) in [5, 5.41) is 9.38. The zero-order valence-corrected chi connectivity index (χ0v) is 88.3. The van der Waals surface area contributed by atoms with Crippen molar-refractivity contribution in [1.82, 2.24) is 20.3 Å². The SMILES string of the molecule is CCCCCCCCCCC1(CCCCCCCCCC)c2cc(-c3ccccc3)ccc2-c2ccc(-c3ccc4c(c3)C(CCCCCCCCCC)(CCCCCCCCCC)c3cc(-c5cc(/C=C/c6ccncc6)c(-c6ccc7c(c6)C(CCCCCCCCCC)(CCCCCCCCCC)c6cc(-c8ccc(-c9ccccc9)c9nonc89)ccc6-7)cc5/C=C/c5ccncc5)ccc3-4)cc21. The van der Waals surface area contributed by atoms with Crippen LogP contribution in [0, 0.1) is 0 Å². The van der Waals surface area contributed by atoms with E-state index < -0.39 is 0 Å². The smallest absolute Gasteiger partial charge is 0.143 e. The van der Waals surface area contributed by atoms with Gasteiger partial charge in [-0.15, -0.1) is 0 Å². The zero-order chi connectivity index (χ0) is 97.7. The molecule has 0 radical (unpaired) electrons. The van der Waals surface area contributed by atoms with Gasteiger partial charge in [-0.3, -0.25) is 9.97 Å². The molecule has 0 amide bonds. The van der Waals surface area contributed by atoms with Crippen molar-refractivity contribution < 1.29 is 4.63 Å². The van der Waals surface area contributed by atoms with Gasteiger partial charge in [-0.2, -0.15) is 0 Å². The van der Waals surface area contributed by atoms with Crippen LogP contribution in [0.5, 0.6) is 0 Å². The number of nitrogens with zero attached hydrogens (tertiary/aromatic N) is 4. The quantitative estimate of drug-likeness (QED) is 0.0356. The summed E-state index contributed by atoms with van der Waals surface area (Å²) in [6.45, 7) is 14.1. The van der Waals surface area contributed by atoms with Crippen molar-refractivity contribution >= 4 is 35.3 Å².